The van der Waals surface area contributed by atoms with Crippen LogP contribution in [0.2, 0.25) is 5.02 Å². The Hall–Kier alpha value is -2.31. The molecule has 3 rings (SSSR count). The zero-order chi connectivity index (χ0) is 18.1. The van der Waals surface area contributed by atoms with Gasteiger partial charge in [0.2, 0.25) is 0 Å². The molecule has 0 fully saturated rings. The first-order valence-corrected chi connectivity index (χ1v) is 8.89. The van der Waals surface area contributed by atoms with Gasteiger partial charge >= 0.3 is 0 Å². The summed E-state index contributed by atoms with van der Waals surface area (Å²) in [5.74, 6) is 0.413. The molecule has 130 valence electrons. The van der Waals surface area contributed by atoms with E-state index in [2.05, 4.69) is 10.3 Å². The van der Waals surface area contributed by atoms with E-state index in [0.717, 1.165) is 32.6 Å². The third-order valence-corrected chi connectivity index (χ3v) is 5.15. The molecule has 0 saturated carbocycles. The Morgan fingerprint density at radius 2 is 2.04 bits per heavy atom. The van der Waals surface area contributed by atoms with Gasteiger partial charge in [0.15, 0.2) is 11.7 Å². The summed E-state index contributed by atoms with van der Waals surface area (Å²) in [6.45, 7) is 5.69. The van der Waals surface area contributed by atoms with Crippen LogP contribution >= 0.6 is 22.9 Å². The molecule has 1 aromatic heterocycles. The lowest BCUT2D eigenvalue weighted by Gasteiger charge is -2.13. The molecule has 0 bridgehead atoms. The summed E-state index contributed by atoms with van der Waals surface area (Å²) in [6, 6.07) is 7.21. The monoisotopic (exact) mass is 375 g/mol. The van der Waals surface area contributed by atoms with Gasteiger partial charge in [-0.2, -0.15) is 0 Å². The first-order chi connectivity index (χ1) is 11.8. The van der Waals surface area contributed by atoms with Gasteiger partial charge in [0.1, 0.15) is 5.75 Å². The molecular weight excluding hydrogens is 358 g/mol. The van der Waals surface area contributed by atoms with Crippen LogP contribution in [-0.4, -0.2) is 17.5 Å². The van der Waals surface area contributed by atoms with E-state index < -0.39 is 0 Å². The molecule has 1 amide bonds. The second-order valence-corrected chi connectivity index (χ2v) is 7.31. The lowest BCUT2D eigenvalue weighted by molar-refractivity contribution is -0.118. The Kier molecular flexibility index (Phi) is 4.83. The van der Waals surface area contributed by atoms with E-state index in [9.17, 15) is 4.79 Å². The van der Waals surface area contributed by atoms with Gasteiger partial charge in [0.25, 0.3) is 5.91 Å². The van der Waals surface area contributed by atoms with E-state index in [0.29, 0.717) is 15.9 Å². The molecule has 0 radical (unpaired) electrons. The summed E-state index contributed by atoms with van der Waals surface area (Å²) in [6.07, 6.45) is 0. The molecule has 0 aliphatic carbocycles. The maximum Gasteiger partial charge on any atom is 0.262 e. The number of nitrogens with two attached hydrogens (primary N) is 1. The zero-order valence-corrected chi connectivity index (χ0v) is 15.7. The van der Waals surface area contributed by atoms with Crippen molar-refractivity contribution in [2.75, 3.05) is 17.7 Å². The van der Waals surface area contributed by atoms with Gasteiger partial charge in [-0.3, -0.25) is 4.79 Å². The van der Waals surface area contributed by atoms with Gasteiger partial charge in [-0.25, -0.2) is 4.98 Å². The van der Waals surface area contributed by atoms with Gasteiger partial charge in [-0.05, 0) is 61.7 Å². The molecule has 0 unspecified atom stereocenters. The van der Waals surface area contributed by atoms with Gasteiger partial charge in [-0.15, -0.1) is 0 Å². The SMILES string of the molecule is Cc1cc(Cl)ccc1OCC(=O)Nc1c(C)cc2nc(N)sc2c1C. The van der Waals surface area contributed by atoms with Gasteiger partial charge in [0, 0.05) is 10.7 Å². The number of benzene rings is 2. The van der Waals surface area contributed by atoms with Crippen molar-refractivity contribution in [2.45, 2.75) is 20.8 Å². The minimum Gasteiger partial charge on any atom is -0.483 e. The molecule has 3 N–H and O–H groups in total. The minimum atomic E-state index is -0.225. The van der Waals surface area contributed by atoms with Crippen LogP contribution in [0.15, 0.2) is 24.3 Å². The largest absolute Gasteiger partial charge is 0.483 e. The summed E-state index contributed by atoms with van der Waals surface area (Å²) < 4.78 is 6.58. The third kappa shape index (κ3) is 3.70. The molecule has 0 spiro atoms. The molecule has 0 aliphatic rings. The van der Waals surface area contributed by atoms with Crippen LogP contribution in [0.25, 0.3) is 10.2 Å². The molecule has 3 aromatic rings. The Morgan fingerprint density at radius 3 is 2.76 bits per heavy atom. The predicted molar refractivity (Wildman–Crippen MR) is 104 cm³/mol. The highest BCUT2D eigenvalue weighted by molar-refractivity contribution is 7.22. The maximum atomic E-state index is 12.3. The molecule has 5 nitrogen and oxygen atoms in total. The Labute approximate surface area is 154 Å². The Balaban J connectivity index is 1.75. The molecular formula is C18H18ClN3O2S. The van der Waals surface area contributed by atoms with Crippen molar-refractivity contribution < 1.29 is 9.53 Å². The molecule has 0 aliphatic heterocycles. The third-order valence-electron chi connectivity index (χ3n) is 3.89. The number of halogens is 1. The number of aryl methyl sites for hydroxylation is 3. The number of anilines is 2. The fourth-order valence-electron chi connectivity index (χ4n) is 2.69. The molecule has 1 heterocycles. The fraction of sp³-hybridized carbons (Fsp3) is 0.222. The number of nitrogen functional groups attached to an aromatic ring is 1. The van der Waals surface area contributed by atoms with E-state index in [-0.39, 0.29) is 12.5 Å². The number of thiazole rings is 1. The number of hydrogen-bond acceptors (Lipinski definition) is 5. The van der Waals surface area contributed by atoms with Crippen LogP contribution in [-0.2, 0) is 4.79 Å². The number of hydrogen-bond donors (Lipinski definition) is 2. The smallest absolute Gasteiger partial charge is 0.262 e. The average molecular weight is 376 g/mol. The first kappa shape index (κ1) is 17.5. The number of ether oxygens (including phenoxy) is 1. The van der Waals surface area contributed by atoms with E-state index in [1.165, 1.54) is 11.3 Å². The molecule has 2 aromatic carbocycles. The van der Waals surface area contributed by atoms with Crippen LogP contribution in [0.3, 0.4) is 0 Å². The summed E-state index contributed by atoms with van der Waals surface area (Å²) in [5.41, 5.74) is 10.2. The van der Waals surface area contributed by atoms with Crippen LogP contribution in [0.1, 0.15) is 16.7 Å². The number of rotatable bonds is 4. The summed E-state index contributed by atoms with van der Waals surface area (Å²) in [4.78, 5) is 16.6. The lowest BCUT2D eigenvalue weighted by Crippen LogP contribution is -2.21. The number of carbonyl (C=O) groups excluding carboxylic acids is 1. The van der Waals surface area contributed by atoms with Crippen molar-refractivity contribution in [2.24, 2.45) is 0 Å². The highest BCUT2D eigenvalue weighted by Gasteiger charge is 2.14. The normalized spacial score (nSPS) is 10.9. The number of carbonyl (C=O) groups is 1. The number of nitrogens with zero attached hydrogens (tertiary/aromatic N) is 1. The average Bonchev–Trinajstić information content (AvgIpc) is 2.91. The number of aromatic nitrogens is 1. The highest BCUT2D eigenvalue weighted by Crippen LogP contribution is 2.34. The minimum absolute atomic E-state index is 0.0791. The summed E-state index contributed by atoms with van der Waals surface area (Å²) in [7, 11) is 0. The molecule has 25 heavy (non-hydrogen) atoms. The van der Waals surface area contributed by atoms with Crippen LogP contribution < -0.4 is 15.8 Å². The molecule has 0 saturated heterocycles. The number of nitrogens with one attached hydrogen (secondary N) is 1. The quantitative estimate of drug-likeness (QED) is 0.705. The molecule has 7 heteroatoms. The summed E-state index contributed by atoms with van der Waals surface area (Å²) in [5, 5.41) is 4.08. The van der Waals surface area contributed by atoms with Crippen LogP contribution in [0.5, 0.6) is 5.75 Å². The second kappa shape index (κ2) is 6.90. The van der Waals surface area contributed by atoms with Gasteiger partial charge < -0.3 is 15.8 Å². The molecule has 0 atom stereocenters. The van der Waals surface area contributed by atoms with Gasteiger partial charge in [-0.1, -0.05) is 22.9 Å². The Morgan fingerprint density at radius 1 is 1.28 bits per heavy atom. The van der Waals surface area contributed by atoms with E-state index >= 15 is 0 Å². The topological polar surface area (TPSA) is 77.2 Å². The van der Waals surface area contributed by atoms with Crippen LogP contribution in [0, 0.1) is 20.8 Å². The van der Waals surface area contributed by atoms with Crippen molar-refractivity contribution in [1.29, 1.82) is 0 Å². The zero-order valence-electron chi connectivity index (χ0n) is 14.1. The Bertz CT molecular complexity index is 969. The maximum absolute atomic E-state index is 12.3. The standard InChI is InChI=1S/C18H18ClN3O2S/c1-9-6-12(19)4-5-14(9)24-8-15(23)22-16-10(2)7-13-17(11(16)3)25-18(20)21-13/h4-7H,8H2,1-3H3,(H2,20,21)(H,22,23). The summed E-state index contributed by atoms with van der Waals surface area (Å²) >= 11 is 7.34. The van der Waals surface area contributed by atoms with E-state index in [1.54, 1.807) is 18.2 Å². The fourth-order valence-corrected chi connectivity index (χ4v) is 3.73. The van der Waals surface area contributed by atoms with Crippen molar-refractivity contribution >= 4 is 49.9 Å². The van der Waals surface area contributed by atoms with Gasteiger partial charge in [0.05, 0.1) is 10.2 Å². The van der Waals surface area contributed by atoms with E-state index in [1.807, 2.05) is 26.8 Å². The van der Waals surface area contributed by atoms with Crippen molar-refractivity contribution in [3.05, 3.63) is 46.0 Å². The van der Waals surface area contributed by atoms with E-state index in [4.69, 9.17) is 22.1 Å². The van der Waals surface area contributed by atoms with Crippen molar-refractivity contribution in [1.82, 2.24) is 4.98 Å². The number of amides is 1. The van der Waals surface area contributed by atoms with Crippen LogP contribution in [0.4, 0.5) is 10.8 Å². The lowest BCUT2D eigenvalue weighted by atomic mass is 10.1. The predicted octanol–water partition coefficient (Wildman–Crippen LogP) is 4.47. The highest BCUT2D eigenvalue weighted by atomic mass is 35.5. The van der Waals surface area contributed by atoms with Crippen molar-refractivity contribution in [3.8, 4) is 5.75 Å². The second-order valence-electron chi connectivity index (χ2n) is 5.84. The first-order valence-electron chi connectivity index (χ1n) is 7.70. The van der Waals surface area contributed by atoms with Crippen molar-refractivity contribution in [3.63, 3.8) is 0 Å². The number of fused-ring (bicyclic) bond motifs is 1.